The second-order valence-corrected chi connectivity index (χ2v) is 9.05. The molecule has 0 aliphatic heterocycles. The zero-order valence-corrected chi connectivity index (χ0v) is 16.3. The number of nitrogens with two attached hydrogens (primary N) is 1. The number of fused-ring (bicyclic) bond motifs is 1. The molecule has 3 rings (SSSR count). The second kappa shape index (κ2) is 6.86. The van der Waals surface area contributed by atoms with Crippen molar-refractivity contribution in [3.05, 3.63) is 47.1 Å². The second-order valence-electron chi connectivity index (χ2n) is 5.57. The molecule has 0 aliphatic carbocycles. The molecular weight excluding hydrogens is 396 g/mol. The molecule has 0 saturated heterocycles. The van der Waals surface area contributed by atoms with Gasteiger partial charge in [0.15, 0.2) is 9.84 Å². The van der Waals surface area contributed by atoms with Crippen LogP contribution in [-0.4, -0.2) is 32.7 Å². The molecule has 1 amide bonds. The monoisotopic (exact) mass is 410 g/mol. The van der Waals surface area contributed by atoms with E-state index in [1.807, 2.05) is 0 Å². The lowest BCUT2D eigenvalue weighted by molar-refractivity contribution is 0.0993. The summed E-state index contributed by atoms with van der Waals surface area (Å²) in [4.78, 5) is 16.2. The summed E-state index contributed by atoms with van der Waals surface area (Å²) in [6, 6.07) is 9.83. The van der Waals surface area contributed by atoms with Gasteiger partial charge in [0.2, 0.25) is 0 Å². The third-order valence-corrected chi connectivity index (χ3v) is 6.49. The van der Waals surface area contributed by atoms with Crippen molar-refractivity contribution in [3.63, 3.8) is 0 Å². The van der Waals surface area contributed by atoms with Crippen LogP contribution < -0.4 is 10.5 Å². The van der Waals surface area contributed by atoms with Crippen LogP contribution >= 0.6 is 23.4 Å². The van der Waals surface area contributed by atoms with Crippen molar-refractivity contribution in [2.75, 3.05) is 13.4 Å². The zero-order chi connectivity index (χ0) is 19.1. The first kappa shape index (κ1) is 18.6. The first-order valence-electron chi connectivity index (χ1n) is 7.37. The molecule has 0 atom stereocenters. The minimum atomic E-state index is -3.37. The number of carbonyl (C=O) groups excluding carboxylic acids is 1. The minimum absolute atomic E-state index is 0.154. The molecule has 0 unspecified atom stereocenters. The van der Waals surface area contributed by atoms with Crippen molar-refractivity contribution in [1.82, 2.24) is 4.98 Å². The van der Waals surface area contributed by atoms with Crippen molar-refractivity contribution >= 4 is 50.0 Å². The van der Waals surface area contributed by atoms with Gasteiger partial charge in [-0.2, -0.15) is 0 Å². The van der Waals surface area contributed by atoms with E-state index in [1.165, 1.54) is 23.9 Å². The van der Waals surface area contributed by atoms with Gasteiger partial charge in [0.1, 0.15) is 11.4 Å². The Balaban J connectivity index is 2.15. The number of aromatic nitrogens is 1. The van der Waals surface area contributed by atoms with Crippen LogP contribution in [0.25, 0.3) is 10.9 Å². The van der Waals surface area contributed by atoms with E-state index in [9.17, 15) is 13.2 Å². The fraction of sp³-hybridized carbons (Fsp3) is 0.118. The van der Waals surface area contributed by atoms with Crippen LogP contribution in [0.3, 0.4) is 0 Å². The summed E-state index contributed by atoms with van der Waals surface area (Å²) in [6.45, 7) is 0. The lowest BCUT2D eigenvalue weighted by Crippen LogP contribution is -2.12. The summed E-state index contributed by atoms with van der Waals surface area (Å²) in [6.07, 6.45) is 1.12. The average molecular weight is 411 g/mol. The van der Waals surface area contributed by atoms with Crippen molar-refractivity contribution in [2.45, 2.75) is 14.7 Å². The maximum absolute atomic E-state index is 11.9. The van der Waals surface area contributed by atoms with Gasteiger partial charge in [-0.15, -0.1) is 0 Å². The van der Waals surface area contributed by atoms with Gasteiger partial charge in [-0.1, -0.05) is 29.4 Å². The van der Waals surface area contributed by atoms with Gasteiger partial charge in [0.05, 0.1) is 21.9 Å². The number of aromatic amines is 1. The van der Waals surface area contributed by atoms with Crippen molar-refractivity contribution in [2.24, 2.45) is 5.73 Å². The maximum Gasteiger partial charge on any atom is 0.266 e. The van der Waals surface area contributed by atoms with Crippen molar-refractivity contribution < 1.29 is 17.9 Å². The highest BCUT2D eigenvalue weighted by atomic mass is 35.5. The van der Waals surface area contributed by atoms with Gasteiger partial charge in [0.25, 0.3) is 5.91 Å². The van der Waals surface area contributed by atoms with E-state index in [0.29, 0.717) is 31.5 Å². The number of primary amides is 1. The summed E-state index contributed by atoms with van der Waals surface area (Å²) in [5.74, 6) is -0.0274. The topological polar surface area (TPSA) is 102 Å². The fourth-order valence-corrected chi connectivity index (χ4v) is 4.45. The fourth-order valence-electron chi connectivity index (χ4n) is 2.46. The normalized spacial score (nSPS) is 11.7. The number of methoxy groups -OCH3 is 1. The predicted molar refractivity (Wildman–Crippen MR) is 102 cm³/mol. The van der Waals surface area contributed by atoms with Crippen LogP contribution in [0.2, 0.25) is 5.02 Å². The number of amides is 1. The number of ether oxygens (including phenoxy) is 1. The Kier molecular flexibility index (Phi) is 4.92. The van der Waals surface area contributed by atoms with Gasteiger partial charge >= 0.3 is 0 Å². The Hall–Kier alpha value is -2.16. The highest BCUT2D eigenvalue weighted by molar-refractivity contribution is 7.99. The van der Waals surface area contributed by atoms with E-state index in [1.54, 1.807) is 31.4 Å². The van der Waals surface area contributed by atoms with Gasteiger partial charge in [-0.3, -0.25) is 4.79 Å². The standard InChI is InChI=1S/C17H15ClN2O4S2/c1-24-9-3-6-14(12(18)7-9)25-16-11-5-4-10(26(2,22)23)8-13(11)20-15(16)17(19)21/h3-8,20H,1-2H3,(H2,19,21). The number of rotatable bonds is 5. The minimum Gasteiger partial charge on any atom is -0.497 e. The molecule has 3 N–H and O–H groups in total. The number of H-pyrrole nitrogens is 1. The van der Waals surface area contributed by atoms with E-state index in [4.69, 9.17) is 22.1 Å². The van der Waals surface area contributed by atoms with Crippen molar-refractivity contribution in [1.29, 1.82) is 0 Å². The first-order chi connectivity index (χ1) is 12.2. The number of benzene rings is 2. The summed E-state index contributed by atoms with van der Waals surface area (Å²) in [7, 11) is -1.83. The van der Waals surface area contributed by atoms with Gasteiger partial charge in [-0.05, 0) is 30.3 Å². The SMILES string of the molecule is COc1ccc(Sc2c(C(N)=O)[nH]c3cc(S(C)(=O)=O)ccc23)c(Cl)c1. The molecule has 3 aromatic rings. The molecule has 0 radical (unpaired) electrons. The summed E-state index contributed by atoms with van der Waals surface area (Å²) in [5.41, 5.74) is 6.19. The number of hydrogen-bond acceptors (Lipinski definition) is 5. The quantitative estimate of drug-likeness (QED) is 0.670. The number of sulfone groups is 1. The van der Waals surface area contributed by atoms with Gasteiger partial charge < -0.3 is 15.5 Å². The zero-order valence-electron chi connectivity index (χ0n) is 13.9. The Morgan fingerprint density at radius 2 is 1.96 bits per heavy atom. The van der Waals surface area contributed by atoms with Crippen LogP contribution in [0.1, 0.15) is 10.5 Å². The largest absolute Gasteiger partial charge is 0.497 e. The molecule has 1 heterocycles. The summed E-state index contributed by atoms with van der Waals surface area (Å²) >= 11 is 7.56. The summed E-state index contributed by atoms with van der Waals surface area (Å²) < 4.78 is 28.6. The van der Waals surface area contributed by atoms with Crippen LogP contribution in [-0.2, 0) is 9.84 Å². The molecule has 0 aliphatic rings. The Morgan fingerprint density at radius 1 is 1.23 bits per heavy atom. The number of nitrogens with one attached hydrogen (secondary N) is 1. The summed E-state index contributed by atoms with van der Waals surface area (Å²) in [5, 5.41) is 1.15. The number of halogens is 1. The van der Waals surface area contributed by atoms with E-state index >= 15 is 0 Å². The van der Waals surface area contributed by atoms with E-state index in [-0.39, 0.29) is 10.6 Å². The Bertz CT molecular complexity index is 1120. The molecule has 9 heteroatoms. The molecule has 136 valence electrons. The number of hydrogen-bond donors (Lipinski definition) is 2. The first-order valence-corrected chi connectivity index (χ1v) is 10.5. The number of carbonyl (C=O) groups is 1. The lowest BCUT2D eigenvalue weighted by Gasteiger charge is -2.07. The van der Waals surface area contributed by atoms with Gasteiger partial charge in [0, 0.05) is 22.1 Å². The predicted octanol–water partition coefficient (Wildman–Crippen LogP) is 3.48. The lowest BCUT2D eigenvalue weighted by atomic mass is 10.2. The molecule has 26 heavy (non-hydrogen) atoms. The highest BCUT2D eigenvalue weighted by Crippen LogP contribution is 2.41. The van der Waals surface area contributed by atoms with Crippen LogP contribution in [0.4, 0.5) is 0 Å². The van der Waals surface area contributed by atoms with Crippen molar-refractivity contribution in [3.8, 4) is 5.75 Å². The Morgan fingerprint density at radius 3 is 2.54 bits per heavy atom. The van der Waals surface area contributed by atoms with E-state index < -0.39 is 15.7 Å². The molecule has 2 aromatic carbocycles. The third kappa shape index (κ3) is 3.53. The van der Waals surface area contributed by atoms with E-state index in [0.717, 1.165) is 6.26 Å². The average Bonchev–Trinajstić information content (AvgIpc) is 2.94. The van der Waals surface area contributed by atoms with Crippen LogP contribution in [0, 0.1) is 0 Å². The van der Waals surface area contributed by atoms with Crippen LogP contribution in [0.5, 0.6) is 5.75 Å². The molecule has 6 nitrogen and oxygen atoms in total. The molecule has 0 bridgehead atoms. The van der Waals surface area contributed by atoms with Gasteiger partial charge in [-0.25, -0.2) is 8.42 Å². The molecule has 0 spiro atoms. The van der Waals surface area contributed by atoms with E-state index in [2.05, 4.69) is 4.98 Å². The smallest absolute Gasteiger partial charge is 0.266 e. The maximum atomic E-state index is 11.9. The van der Waals surface area contributed by atoms with Crippen LogP contribution in [0.15, 0.2) is 51.1 Å². The molecule has 1 aromatic heterocycles. The molecular formula is C17H15ClN2O4S2. The molecule has 0 saturated carbocycles. The Labute approximate surface area is 159 Å². The highest BCUT2D eigenvalue weighted by Gasteiger charge is 2.19. The third-order valence-electron chi connectivity index (χ3n) is 3.75. The molecule has 0 fully saturated rings.